The zero-order valence-corrected chi connectivity index (χ0v) is 16.8. The number of amides is 1. The maximum Gasteiger partial charge on any atom is 0.241 e. The minimum Gasteiger partial charge on any atom is -0.497 e. The minimum absolute atomic E-state index is 0.143. The number of rotatable bonds is 6. The lowest BCUT2D eigenvalue weighted by Crippen LogP contribution is -2.24. The highest BCUT2D eigenvalue weighted by Crippen LogP contribution is 2.23. The minimum atomic E-state index is -3.73. The number of fused-ring (bicyclic) bond motifs is 1. The quantitative estimate of drug-likeness (QED) is 0.665. The van der Waals surface area contributed by atoms with Crippen molar-refractivity contribution in [3.05, 3.63) is 65.7 Å². The molecule has 0 saturated carbocycles. The predicted octanol–water partition coefficient (Wildman–Crippen LogP) is 3.59. The molecule has 0 aromatic heterocycles. The predicted molar refractivity (Wildman–Crippen MR) is 110 cm³/mol. The van der Waals surface area contributed by atoms with E-state index in [-0.39, 0.29) is 17.3 Å². The molecule has 0 aliphatic rings. The van der Waals surface area contributed by atoms with Gasteiger partial charge in [0.25, 0.3) is 0 Å². The lowest BCUT2D eigenvalue weighted by atomic mass is 10.1. The van der Waals surface area contributed by atoms with Gasteiger partial charge >= 0.3 is 0 Å². The molecule has 0 fully saturated rings. The summed E-state index contributed by atoms with van der Waals surface area (Å²) < 4.78 is 33.4. The van der Waals surface area contributed by atoms with Crippen molar-refractivity contribution in [2.24, 2.45) is 0 Å². The molecule has 3 aromatic rings. The Balaban J connectivity index is 1.81. The topological polar surface area (TPSA) is 84.5 Å². The van der Waals surface area contributed by atoms with Crippen molar-refractivity contribution in [2.45, 2.75) is 25.3 Å². The van der Waals surface area contributed by atoms with E-state index in [2.05, 4.69) is 10.0 Å². The van der Waals surface area contributed by atoms with E-state index < -0.39 is 10.0 Å². The van der Waals surface area contributed by atoms with E-state index in [1.807, 2.05) is 36.4 Å². The molecule has 0 aliphatic heterocycles. The van der Waals surface area contributed by atoms with Crippen LogP contribution in [0.15, 0.2) is 59.5 Å². The number of hydrogen-bond donors (Lipinski definition) is 2. The maximum absolute atomic E-state index is 12.8. The molecule has 6 nitrogen and oxygen atoms in total. The molecule has 0 aliphatic carbocycles. The van der Waals surface area contributed by atoms with Crippen LogP contribution in [-0.4, -0.2) is 21.4 Å². The van der Waals surface area contributed by atoms with Crippen LogP contribution in [0.4, 0.5) is 5.69 Å². The number of sulfonamides is 1. The molecule has 3 aromatic carbocycles. The second kappa shape index (κ2) is 8.00. The van der Waals surface area contributed by atoms with Crippen LogP contribution in [0.5, 0.6) is 5.75 Å². The summed E-state index contributed by atoms with van der Waals surface area (Å²) in [5.41, 5.74) is 1.89. The fourth-order valence-corrected chi connectivity index (χ4v) is 4.22. The van der Waals surface area contributed by atoms with Crippen LogP contribution in [-0.2, 0) is 21.4 Å². The molecule has 0 unspecified atom stereocenters. The number of ether oxygens (including phenoxy) is 1. The van der Waals surface area contributed by atoms with Crippen molar-refractivity contribution in [2.75, 3.05) is 12.4 Å². The van der Waals surface area contributed by atoms with Gasteiger partial charge < -0.3 is 10.1 Å². The van der Waals surface area contributed by atoms with Gasteiger partial charge in [-0.05, 0) is 59.2 Å². The zero-order chi connectivity index (χ0) is 20.3. The van der Waals surface area contributed by atoms with Gasteiger partial charge in [-0.2, -0.15) is 0 Å². The number of aryl methyl sites for hydroxylation is 1. The van der Waals surface area contributed by atoms with Gasteiger partial charge in [-0.25, -0.2) is 13.1 Å². The van der Waals surface area contributed by atoms with Gasteiger partial charge in [0.05, 0.1) is 12.0 Å². The zero-order valence-electron chi connectivity index (χ0n) is 15.9. The second-order valence-electron chi connectivity index (χ2n) is 6.53. The number of carbonyl (C=O) groups excluding carboxylic acids is 1. The smallest absolute Gasteiger partial charge is 0.241 e. The summed E-state index contributed by atoms with van der Waals surface area (Å²) in [6.07, 6.45) is 0. The van der Waals surface area contributed by atoms with E-state index in [0.717, 1.165) is 22.1 Å². The Kier molecular flexibility index (Phi) is 5.67. The number of nitrogens with one attached hydrogen (secondary N) is 2. The van der Waals surface area contributed by atoms with Gasteiger partial charge in [-0.1, -0.05) is 24.3 Å². The van der Waals surface area contributed by atoms with Gasteiger partial charge in [0.1, 0.15) is 5.75 Å². The summed E-state index contributed by atoms with van der Waals surface area (Å²) in [5, 5.41) is 4.63. The Hall–Kier alpha value is -2.90. The second-order valence-corrected chi connectivity index (χ2v) is 8.27. The van der Waals surface area contributed by atoms with Crippen molar-refractivity contribution >= 4 is 32.4 Å². The van der Waals surface area contributed by atoms with E-state index in [1.54, 1.807) is 26.2 Å². The van der Waals surface area contributed by atoms with Crippen LogP contribution in [0.1, 0.15) is 18.1 Å². The molecule has 28 heavy (non-hydrogen) atoms. The molecule has 0 atom stereocenters. The Morgan fingerprint density at radius 2 is 1.71 bits per heavy atom. The van der Waals surface area contributed by atoms with Crippen molar-refractivity contribution in [3.63, 3.8) is 0 Å². The summed E-state index contributed by atoms with van der Waals surface area (Å²) in [6.45, 7) is 3.26. The summed E-state index contributed by atoms with van der Waals surface area (Å²) in [4.78, 5) is 11.4. The highest BCUT2D eigenvalue weighted by molar-refractivity contribution is 7.89. The van der Waals surface area contributed by atoms with Gasteiger partial charge in [-0.3, -0.25) is 4.79 Å². The van der Waals surface area contributed by atoms with Crippen molar-refractivity contribution in [3.8, 4) is 5.75 Å². The van der Waals surface area contributed by atoms with E-state index in [4.69, 9.17) is 4.74 Å². The van der Waals surface area contributed by atoms with Crippen molar-refractivity contribution in [1.29, 1.82) is 0 Å². The normalized spacial score (nSPS) is 11.4. The highest BCUT2D eigenvalue weighted by atomic mass is 32.2. The van der Waals surface area contributed by atoms with Gasteiger partial charge in [0, 0.05) is 19.2 Å². The number of anilines is 1. The first-order valence-corrected chi connectivity index (χ1v) is 10.2. The molecule has 3 rings (SSSR count). The summed E-state index contributed by atoms with van der Waals surface area (Å²) in [6, 6.07) is 16.3. The van der Waals surface area contributed by atoms with Gasteiger partial charge in [-0.15, -0.1) is 0 Å². The van der Waals surface area contributed by atoms with Crippen LogP contribution >= 0.6 is 0 Å². The monoisotopic (exact) mass is 398 g/mol. The van der Waals surface area contributed by atoms with Crippen LogP contribution in [0.2, 0.25) is 0 Å². The Labute approximate surface area is 164 Å². The number of carbonyl (C=O) groups is 1. The standard InChI is InChI=1S/C21H22N2O4S/c1-14-4-8-19(23-15(2)24)12-21(14)28(25,26)22-13-16-5-6-18-11-20(27-3)9-7-17(18)10-16/h4-12,22H,13H2,1-3H3,(H,23,24). The third kappa shape index (κ3) is 4.49. The van der Waals surface area contributed by atoms with E-state index in [1.165, 1.54) is 13.0 Å². The molecule has 1 amide bonds. The van der Waals surface area contributed by atoms with Crippen LogP contribution in [0.25, 0.3) is 10.8 Å². The molecule has 0 saturated heterocycles. The summed E-state index contributed by atoms with van der Waals surface area (Å²) in [5.74, 6) is 0.517. The first kappa shape index (κ1) is 19.9. The fourth-order valence-electron chi connectivity index (χ4n) is 2.94. The lowest BCUT2D eigenvalue weighted by Gasteiger charge is -2.12. The van der Waals surface area contributed by atoms with E-state index in [9.17, 15) is 13.2 Å². The van der Waals surface area contributed by atoms with Crippen LogP contribution in [0.3, 0.4) is 0 Å². The van der Waals surface area contributed by atoms with E-state index >= 15 is 0 Å². The number of methoxy groups -OCH3 is 1. The first-order chi connectivity index (χ1) is 13.3. The molecule has 0 radical (unpaired) electrons. The number of hydrogen-bond acceptors (Lipinski definition) is 4. The maximum atomic E-state index is 12.8. The Morgan fingerprint density at radius 1 is 1.00 bits per heavy atom. The first-order valence-electron chi connectivity index (χ1n) is 8.73. The third-order valence-electron chi connectivity index (χ3n) is 4.38. The largest absolute Gasteiger partial charge is 0.497 e. The van der Waals surface area contributed by atoms with E-state index in [0.29, 0.717) is 11.3 Å². The highest BCUT2D eigenvalue weighted by Gasteiger charge is 2.17. The van der Waals surface area contributed by atoms with Gasteiger partial charge in [0.15, 0.2) is 0 Å². The molecular weight excluding hydrogens is 376 g/mol. The Morgan fingerprint density at radius 3 is 2.43 bits per heavy atom. The molecule has 0 heterocycles. The average molecular weight is 398 g/mol. The van der Waals surface area contributed by atoms with Crippen LogP contribution in [0, 0.1) is 6.92 Å². The molecule has 146 valence electrons. The molecule has 0 spiro atoms. The number of benzene rings is 3. The SMILES string of the molecule is COc1ccc2cc(CNS(=O)(=O)c3cc(NC(C)=O)ccc3C)ccc2c1. The average Bonchev–Trinajstić information content (AvgIpc) is 2.67. The summed E-state index contributed by atoms with van der Waals surface area (Å²) >= 11 is 0. The molecule has 7 heteroatoms. The molecule has 0 bridgehead atoms. The molecule has 2 N–H and O–H groups in total. The molecular formula is C21H22N2O4S. The van der Waals surface area contributed by atoms with Gasteiger partial charge in [0.2, 0.25) is 15.9 Å². The Bertz CT molecular complexity index is 1140. The third-order valence-corrected chi connectivity index (χ3v) is 5.92. The van der Waals surface area contributed by atoms with Crippen molar-refractivity contribution < 1.29 is 17.9 Å². The van der Waals surface area contributed by atoms with Crippen LogP contribution < -0.4 is 14.8 Å². The van der Waals surface area contributed by atoms with Crippen molar-refractivity contribution in [1.82, 2.24) is 4.72 Å². The fraction of sp³-hybridized carbons (Fsp3) is 0.190. The lowest BCUT2D eigenvalue weighted by molar-refractivity contribution is -0.114. The summed E-state index contributed by atoms with van der Waals surface area (Å²) in [7, 11) is -2.11.